The second kappa shape index (κ2) is 27.1. The summed E-state index contributed by atoms with van der Waals surface area (Å²) < 4.78 is 68.6. The van der Waals surface area contributed by atoms with Crippen LogP contribution < -0.4 is 19.5 Å². The Hall–Kier alpha value is -8.80. The van der Waals surface area contributed by atoms with Crippen LogP contribution in [0.1, 0.15) is 107 Å². The van der Waals surface area contributed by atoms with E-state index in [1.165, 1.54) is 20.8 Å². The van der Waals surface area contributed by atoms with E-state index in [0.29, 0.717) is 22.6 Å². The van der Waals surface area contributed by atoms with Crippen LogP contribution in [-0.4, -0.2) is 113 Å². The number of fused-ring (bicyclic) bond motifs is 3. The smallest absolute Gasteiger partial charge is 0.303 e. The predicted molar refractivity (Wildman–Crippen MR) is 340 cm³/mol. The van der Waals surface area contributed by atoms with Crippen molar-refractivity contribution in [2.45, 2.75) is 122 Å². The summed E-state index contributed by atoms with van der Waals surface area (Å²) in [4.78, 5) is 54.8. The molecule has 466 valence electrons. The third kappa shape index (κ3) is 12.5. The normalized spacial score (nSPS) is 19.5. The quantitative estimate of drug-likeness (QED) is 0.0107. The lowest BCUT2D eigenvalue weighted by atomic mass is 9.77. The largest absolute Gasteiger partial charge is 0.497 e. The summed E-state index contributed by atoms with van der Waals surface area (Å²) >= 11 is 0. The minimum absolute atomic E-state index is 0.00542. The van der Waals surface area contributed by atoms with Gasteiger partial charge >= 0.3 is 17.9 Å². The van der Waals surface area contributed by atoms with Gasteiger partial charge in [0.2, 0.25) is 11.8 Å². The Balaban J connectivity index is 1.06. The first-order valence-electron chi connectivity index (χ1n) is 29.9. The van der Waals surface area contributed by atoms with Crippen LogP contribution in [0.4, 0.5) is 5.95 Å². The van der Waals surface area contributed by atoms with E-state index < -0.39 is 74.8 Å². The first kappa shape index (κ1) is 62.8. The number of esters is 3. The Morgan fingerprint density at radius 1 is 0.789 bits per heavy atom. The third-order valence-corrected chi connectivity index (χ3v) is 18.4. The predicted octanol–water partition coefficient (Wildman–Crippen LogP) is 12.9. The number of nitrogens with zero attached hydrogens (tertiary/aromatic N) is 6. The highest BCUT2D eigenvalue weighted by molar-refractivity contribution is 7.44. The summed E-state index contributed by atoms with van der Waals surface area (Å²) in [5.41, 5.74) is 2.91. The Morgan fingerprint density at radius 3 is 2.02 bits per heavy atom. The van der Waals surface area contributed by atoms with Crippen molar-refractivity contribution >= 4 is 75.9 Å². The number of hydrogen-bond acceptors (Lipinski definition) is 19. The van der Waals surface area contributed by atoms with E-state index >= 15 is 0 Å². The molecule has 2 aromatic heterocycles. The first-order valence-corrected chi connectivity index (χ1v) is 31.0. The van der Waals surface area contributed by atoms with E-state index in [2.05, 4.69) is 50.3 Å². The molecule has 1 aliphatic carbocycles. The molecule has 3 heterocycles. The maximum Gasteiger partial charge on any atom is 0.303 e. The molecular weight excluding hydrogens is 1170 g/mol. The van der Waals surface area contributed by atoms with Crippen LogP contribution in [0.15, 0.2) is 146 Å². The summed E-state index contributed by atoms with van der Waals surface area (Å²) in [6.45, 7) is 16.1. The van der Waals surface area contributed by atoms with Gasteiger partial charge in [0.1, 0.15) is 36.0 Å². The summed E-state index contributed by atoms with van der Waals surface area (Å²) in [5, 5.41) is 18.8. The lowest BCUT2D eigenvalue weighted by Crippen LogP contribution is -2.50. The van der Waals surface area contributed by atoms with E-state index in [1.54, 1.807) is 31.2 Å². The molecule has 1 N–H and O–H groups in total. The molecule has 90 heavy (non-hydrogen) atoms. The number of nitrogens with one attached hydrogen (secondary N) is 1. The Labute approximate surface area is 523 Å². The van der Waals surface area contributed by atoms with E-state index in [1.807, 2.05) is 127 Å². The number of aromatic nitrogens is 4. The van der Waals surface area contributed by atoms with Crippen LogP contribution in [0.25, 0.3) is 43.5 Å². The summed E-state index contributed by atoms with van der Waals surface area (Å²) in [5.74, 6) is -0.609. The zero-order chi connectivity index (χ0) is 63.4. The monoisotopic (exact) mass is 1240 g/mol. The van der Waals surface area contributed by atoms with E-state index in [9.17, 15) is 19.6 Å². The van der Waals surface area contributed by atoms with E-state index in [0.717, 1.165) is 49.0 Å². The maximum atomic E-state index is 13.4. The van der Waals surface area contributed by atoms with Crippen molar-refractivity contribution in [2.75, 3.05) is 39.4 Å². The summed E-state index contributed by atoms with van der Waals surface area (Å²) in [7, 11) is 1.44. The van der Waals surface area contributed by atoms with Gasteiger partial charge in [-0.2, -0.15) is 15.2 Å². The fourth-order valence-corrected chi connectivity index (χ4v) is 14.4. The second-order valence-electron chi connectivity index (χ2n) is 22.7. The van der Waals surface area contributed by atoms with Crippen LogP contribution in [0.3, 0.4) is 0 Å². The molecule has 0 spiro atoms. The Bertz CT molecular complexity index is 4010. The van der Waals surface area contributed by atoms with Crippen molar-refractivity contribution in [3.63, 3.8) is 0 Å². The number of methoxy groups -OCH3 is 2. The van der Waals surface area contributed by atoms with Crippen LogP contribution in [0.2, 0.25) is 0 Å². The van der Waals surface area contributed by atoms with Crippen LogP contribution >= 0.6 is 8.53 Å². The minimum atomic E-state index is -1.82. The van der Waals surface area contributed by atoms with Gasteiger partial charge in [-0.15, -0.1) is 0 Å². The highest BCUT2D eigenvalue weighted by atomic mass is 31.2. The molecule has 20 nitrogen and oxygen atoms in total. The molecule has 1 saturated heterocycles. The van der Waals surface area contributed by atoms with Gasteiger partial charge in [0.05, 0.1) is 58.4 Å². The molecule has 0 radical (unpaired) electrons. The number of hydrogen-bond donors (Lipinski definition) is 1. The molecule has 21 heteroatoms. The fraction of sp³-hybridized carbons (Fsp3) is 0.348. The molecule has 11 rings (SSSR count). The second-order valence-corrected chi connectivity index (χ2v) is 24.1. The molecule has 9 aromatic rings. The van der Waals surface area contributed by atoms with Gasteiger partial charge in [0.15, 0.2) is 29.5 Å². The van der Waals surface area contributed by atoms with Gasteiger partial charge in [-0.25, -0.2) is 9.65 Å². The molecule has 1 aliphatic heterocycles. The zero-order valence-corrected chi connectivity index (χ0v) is 52.5. The number of anilines is 1. The highest BCUT2D eigenvalue weighted by Crippen LogP contribution is 2.53. The highest BCUT2D eigenvalue weighted by Gasteiger charge is 2.51. The molecule has 0 bridgehead atoms. The van der Waals surface area contributed by atoms with Crippen molar-refractivity contribution in [2.24, 2.45) is 0 Å². The van der Waals surface area contributed by atoms with Gasteiger partial charge in [0, 0.05) is 44.8 Å². The molecule has 0 saturated carbocycles. The Kier molecular flexibility index (Phi) is 18.9. The van der Waals surface area contributed by atoms with Gasteiger partial charge in [-0.3, -0.25) is 19.0 Å². The van der Waals surface area contributed by atoms with Gasteiger partial charge < -0.3 is 52.3 Å². The fourth-order valence-electron chi connectivity index (χ4n) is 12.6. The number of imidazole rings is 1. The average molecular weight is 1240 g/mol. The number of nitriles is 1. The van der Waals surface area contributed by atoms with E-state index in [-0.39, 0.29) is 67.7 Å². The van der Waals surface area contributed by atoms with Gasteiger partial charge in [0.25, 0.3) is 8.53 Å². The number of carbonyl (C=O) groups is 3. The van der Waals surface area contributed by atoms with Crippen LogP contribution in [0.5, 0.6) is 17.4 Å². The summed E-state index contributed by atoms with van der Waals surface area (Å²) in [6.07, 6.45) is -2.66. The molecule has 0 amide bonds. The SMILES string of the molecule is C=CCOc1nc(N[C@H]2c3c(cc4ccc5cccc6ccc3c4c56)[C@@H](OC(C)=O)[C@H](OC(C)=O)[C@@H]2OC(C)=O)nc2c1ncn2[C@H]1C[C@H](OP(OCCC#N)N(C(C)C)C(C)C)[C@@H](COC(c2ccccc2)(c2ccc(OC)cc2)c2ccc(OC)cc2)O1. The van der Waals surface area contributed by atoms with Gasteiger partial charge in [-0.05, 0) is 113 Å². The van der Waals surface area contributed by atoms with E-state index in [4.69, 9.17) is 61.9 Å². The minimum Gasteiger partial charge on any atom is -0.497 e. The van der Waals surface area contributed by atoms with Crippen molar-refractivity contribution < 1.29 is 61.3 Å². The molecular formula is C69H72N7O13P. The number of ether oxygens (including phenoxy) is 8. The topological polar surface area (TPSA) is 226 Å². The third-order valence-electron chi connectivity index (χ3n) is 16.2. The first-order chi connectivity index (χ1) is 43.5. The number of carbonyl (C=O) groups excluding carboxylic acids is 3. The maximum absolute atomic E-state index is 13.4. The molecule has 1 fully saturated rings. The molecule has 1 unspecified atom stereocenters. The lowest BCUT2D eigenvalue weighted by Gasteiger charge is -2.43. The van der Waals surface area contributed by atoms with Gasteiger partial charge in [-0.1, -0.05) is 110 Å². The van der Waals surface area contributed by atoms with Crippen molar-refractivity contribution in [3.8, 4) is 23.4 Å². The van der Waals surface area contributed by atoms with Crippen LogP contribution in [-0.2, 0) is 52.7 Å². The zero-order valence-electron chi connectivity index (χ0n) is 51.7. The van der Waals surface area contributed by atoms with Crippen molar-refractivity contribution in [1.82, 2.24) is 24.2 Å². The van der Waals surface area contributed by atoms with Crippen molar-refractivity contribution in [3.05, 3.63) is 174 Å². The molecule has 7 aromatic carbocycles. The molecule has 8 atom stereocenters. The lowest BCUT2D eigenvalue weighted by molar-refractivity contribution is -0.187. The number of benzene rings is 7. The number of rotatable bonds is 25. The summed E-state index contributed by atoms with van der Waals surface area (Å²) in [6, 6.07) is 42.7. The van der Waals surface area contributed by atoms with Crippen molar-refractivity contribution in [1.29, 1.82) is 5.26 Å². The molecule has 2 aliphatic rings. The Morgan fingerprint density at radius 2 is 1.41 bits per heavy atom. The average Bonchev–Trinajstić information content (AvgIpc) is 0.906. The standard InChI is InChI=1S/C69H72N7O13P/c1-11-34-82-67-62-66(73-68(74-67)72-61-60-53-32-23-46-18-15-17-45-21-22-47(59(53)58(45)46)36-54(60)63(85-42(6)77)65(87-44(8)79)64(61)86-43(7)78)75(39-71-62)57-37-55(89-90(84-35-16-33-70)76(40(2)3)41(4)5)56(88-57)38-83-69(48-19-13-12-14-20-48,49-24-28-51(80-9)29-25-49)50-26-30-52(81-10)31-27-50/h11-15,17-32,36,39-41,55-57,61,63-65H,1,16,34-35,37-38H2,2-10H3,(H,72,73,74)/t55-,56+,57+,61-,63+,64+,65-,90?/m0/s1. The van der Waals surface area contributed by atoms with Crippen LogP contribution in [0, 0.1) is 11.3 Å².